The van der Waals surface area contributed by atoms with Crippen LogP contribution >= 0.6 is 0 Å². The van der Waals surface area contributed by atoms with Gasteiger partial charge in [0.15, 0.2) is 0 Å². The Kier molecular flexibility index (Phi) is 7.20. The van der Waals surface area contributed by atoms with Gasteiger partial charge in [0.2, 0.25) is 0 Å². The van der Waals surface area contributed by atoms with Crippen LogP contribution < -0.4 is 0 Å². The van der Waals surface area contributed by atoms with Gasteiger partial charge in [-0.2, -0.15) is 0 Å². The van der Waals surface area contributed by atoms with Gasteiger partial charge in [0.25, 0.3) is 0 Å². The fourth-order valence-electron chi connectivity index (χ4n) is 5.45. The molecule has 156 valence electrons. The summed E-state index contributed by atoms with van der Waals surface area (Å²) in [5, 5.41) is 0. The molecule has 2 aliphatic carbocycles. The summed E-state index contributed by atoms with van der Waals surface area (Å²) >= 11 is -2.07. The van der Waals surface area contributed by atoms with E-state index >= 15 is 0 Å². The molecule has 0 radical (unpaired) electrons. The van der Waals surface area contributed by atoms with Crippen molar-refractivity contribution in [2.75, 3.05) is 0 Å². The van der Waals surface area contributed by atoms with E-state index in [-0.39, 0.29) is 0 Å². The van der Waals surface area contributed by atoms with Crippen LogP contribution in [0.4, 0.5) is 0 Å². The van der Waals surface area contributed by atoms with Crippen molar-refractivity contribution in [3.63, 3.8) is 0 Å². The fourth-order valence-corrected chi connectivity index (χ4v) is 15.1. The van der Waals surface area contributed by atoms with Crippen LogP contribution in [-0.4, -0.2) is 3.21 Å². The Labute approximate surface area is 191 Å². The molecule has 2 atom stereocenters. The third-order valence-corrected chi connectivity index (χ3v) is 16.1. The molecule has 30 heavy (non-hydrogen) atoms. The minimum atomic E-state index is -2.07. The maximum atomic E-state index is 2.56. The molecular weight excluding hydrogens is 440 g/mol. The first-order valence-electron chi connectivity index (χ1n) is 11.9. The molecule has 4 rings (SSSR count). The van der Waals surface area contributed by atoms with Crippen molar-refractivity contribution in [2.45, 2.75) is 73.5 Å². The Balaban J connectivity index is 1.83. The quantitative estimate of drug-likeness (QED) is 0.359. The molecule has 0 saturated heterocycles. The second kappa shape index (κ2) is 9.87. The SMILES string of the molecule is CCCCC1=Cc2ccccc2[CH]1[Zr](=[C](C)C)[CH]1C(CCCC)=Cc2ccccc21. The van der Waals surface area contributed by atoms with Crippen LogP contribution in [-0.2, 0) is 21.3 Å². The summed E-state index contributed by atoms with van der Waals surface area (Å²) in [4.78, 5) is 0. The Morgan fingerprint density at radius 3 is 1.53 bits per heavy atom. The van der Waals surface area contributed by atoms with Gasteiger partial charge >= 0.3 is 192 Å². The molecule has 0 bridgehead atoms. The Bertz CT molecular complexity index is 925. The molecule has 0 fully saturated rings. The molecule has 0 saturated carbocycles. The maximum absolute atomic E-state index is 2.56. The van der Waals surface area contributed by atoms with Crippen LogP contribution in [0, 0.1) is 0 Å². The van der Waals surface area contributed by atoms with E-state index in [4.69, 9.17) is 0 Å². The van der Waals surface area contributed by atoms with Gasteiger partial charge in [0.05, 0.1) is 0 Å². The number of allylic oxidation sites excluding steroid dienone is 2. The molecule has 0 aromatic heterocycles. The minimum absolute atomic E-state index is 0.710. The number of hydrogen-bond donors (Lipinski definition) is 0. The zero-order chi connectivity index (χ0) is 21.1. The van der Waals surface area contributed by atoms with Crippen molar-refractivity contribution in [3.05, 3.63) is 81.9 Å². The van der Waals surface area contributed by atoms with Gasteiger partial charge in [-0.3, -0.25) is 0 Å². The van der Waals surface area contributed by atoms with Gasteiger partial charge in [0.1, 0.15) is 0 Å². The van der Waals surface area contributed by atoms with Crippen LogP contribution in [0.1, 0.15) is 95.7 Å². The van der Waals surface area contributed by atoms with E-state index in [9.17, 15) is 0 Å². The summed E-state index contributed by atoms with van der Waals surface area (Å²) < 4.78 is 3.19. The normalized spacial score (nSPS) is 19.2. The Hall–Kier alpha value is -1.33. The molecule has 0 amide bonds. The van der Waals surface area contributed by atoms with E-state index in [0.717, 1.165) is 0 Å². The van der Waals surface area contributed by atoms with Crippen molar-refractivity contribution in [2.24, 2.45) is 0 Å². The molecule has 0 N–H and O–H groups in total. The molecule has 2 aliphatic rings. The molecule has 0 aliphatic heterocycles. The molecule has 1 heteroatoms. The van der Waals surface area contributed by atoms with E-state index in [1.54, 1.807) is 25.5 Å². The van der Waals surface area contributed by atoms with Crippen LogP contribution in [0.2, 0.25) is 0 Å². The van der Waals surface area contributed by atoms with E-state index in [0.29, 0.717) is 7.25 Å². The molecule has 0 spiro atoms. The van der Waals surface area contributed by atoms with Gasteiger partial charge in [-0.25, -0.2) is 0 Å². The second-order valence-corrected chi connectivity index (χ2v) is 16.8. The molecule has 0 nitrogen and oxygen atoms in total. The first-order valence-corrected chi connectivity index (χ1v) is 16.0. The first-order chi connectivity index (χ1) is 14.7. The summed E-state index contributed by atoms with van der Waals surface area (Å²) in [5.74, 6) is 0. The molecule has 2 unspecified atom stereocenters. The van der Waals surface area contributed by atoms with Gasteiger partial charge in [0, 0.05) is 0 Å². The first kappa shape index (κ1) is 21.9. The standard InChI is InChI=1S/2C13H15.C3H6.Zr/c2*1-2-3-6-11-9-12-7-4-5-8-13(12)10-11;1-3-2;/h2*4-5,7-10H,2-3,6H2,1H3;1-2H3;. The summed E-state index contributed by atoms with van der Waals surface area (Å²) in [6, 6.07) is 18.6. The van der Waals surface area contributed by atoms with Crippen LogP contribution in [0.5, 0.6) is 0 Å². The molecule has 2 aromatic rings. The van der Waals surface area contributed by atoms with E-state index in [2.05, 4.69) is 88.4 Å². The number of fused-ring (bicyclic) bond motifs is 2. The average Bonchev–Trinajstić information content (AvgIpc) is 3.30. The number of benzene rings is 2. The van der Waals surface area contributed by atoms with E-state index in [1.807, 2.05) is 0 Å². The van der Waals surface area contributed by atoms with Crippen molar-refractivity contribution in [1.82, 2.24) is 0 Å². The summed E-state index contributed by atoms with van der Waals surface area (Å²) in [7, 11) is 0. The van der Waals surface area contributed by atoms with Gasteiger partial charge in [-0.05, 0) is 0 Å². The van der Waals surface area contributed by atoms with Crippen molar-refractivity contribution >= 4 is 15.4 Å². The Morgan fingerprint density at radius 1 is 0.700 bits per heavy atom. The number of rotatable bonds is 8. The van der Waals surface area contributed by atoms with Gasteiger partial charge in [-0.15, -0.1) is 0 Å². The van der Waals surface area contributed by atoms with Gasteiger partial charge < -0.3 is 0 Å². The predicted molar refractivity (Wildman–Crippen MR) is 130 cm³/mol. The van der Waals surface area contributed by atoms with Crippen LogP contribution in [0.3, 0.4) is 0 Å². The zero-order valence-corrected chi connectivity index (χ0v) is 21.6. The monoisotopic (exact) mass is 474 g/mol. The van der Waals surface area contributed by atoms with E-state index in [1.165, 1.54) is 49.7 Å². The summed E-state index contributed by atoms with van der Waals surface area (Å²) in [6.07, 6.45) is 12.9. The van der Waals surface area contributed by atoms with Gasteiger partial charge in [-0.1, -0.05) is 0 Å². The second-order valence-electron chi connectivity index (χ2n) is 9.22. The average molecular weight is 476 g/mol. The van der Waals surface area contributed by atoms with E-state index < -0.39 is 21.3 Å². The molecule has 0 heterocycles. The topological polar surface area (TPSA) is 0 Å². The summed E-state index contributed by atoms with van der Waals surface area (Å²) in [6.45, 7) is 9.58. The molecular formula is C29H36Zr. The van der Waals surface area contributed by atoms with Crippen LogP contribution in [0.25, 0.3) is 12.2 Å². The third-order valence-electron chi connectivity index (χ3n) is 6.87. The van der Waals surface area contributed by atoms with Crippen LogP contribution in [0.15, 0.2) is 59.7 Å². The number of unbranched alkanes of at least 4 members (excludes halogenated alkanes) is 2. The van der Waals surface area contributed by atoms with Crippen molar-refractivity contribution < 1.29 is 21.3 Å². The zero-order valence-electron chi connectivity index (χ0n) is 19.2. The Morgan fingerprint density at radius 2 is 1.13 bits per heavy atom. The molecule has 2 aromatic carbocycles. The van der Waals surface area contributed by atoms with Crippen molar-refractivity contribution in [1.29, 1.82) is 0 Å². The van der Waals surface area contributed by atoms with Crippen molar-refractivity contribution in [3.8, 4) is 0 Å². The fraction of sp³-hybridized carbons (Fsp3) is 0.414. The predicted octanol–water partition coefficient (Wildman–Crippen LogP) is 8.47. The summed E-state index contributed by atoms with van der Waals surface area (Å²) in [5.41, 5.74) is 9.76. The third kappa shape index (κ3) is 4.20. The number of hydrogen-bond acceptors (Lipinski definition) is 0.